The number of urea groups is 2. The Hall–Kier alpha value is -1.46. The van der Waals surface area contributed by atoms with Gasteiger partial charge in [-0.3, -0.25) is 0 Å². The predicted molar refractivity (Wildman–Crippen MR) is 237 cm³/mol. The van der Waals surface area contributed by atoms with E-state index in [1.165, 1.54) is 193 Å². The highest BCUT2D eigenvalue weighted by molar-refractivity contribution is 5.74. The van der Waals surface area contributed by atoms with E-state index in [1.54, 1.807) is 0 Å². The molecule has 0 aromatic carbocycles. The van der Waals surface area contributed by atoms with E-state index in [-0.39, 0.29) is 28.9 Å². The molecule has 6 nitrogen and oxygen atoms in total. The third-order valence-corrected chi connectivity index (χ3v) is 12.1. The van der Waals surface area contributed by atoms with Gasteiger partial charge in [-0.15, -0.1) is 0 Å². The van der Waals surface area contributed by atoms with Crippen LogP contribution in [0.2, 0.25) is 0 Å². The molecular formula is C48H96N4O2. The Morgan fingerprint density at radius 2 is 0.741 bits per heavy atom. The summed E-state index contributed by atoms with van der Waals surface area (Å²) in [6, 6.07) is 0.0339. The van der Waals surface area contributed by atoms with Crippen LogP contribution in [0.1, 0.15) is 259 Å². The highest BCUT2D eigenvalue weighted by atomic mass is 16.2. The van der Waals surface area contributed by atoms with Crippen LogP contribution in [0, 0.1) is 10.8 Å². The molecule has 1 aliphatic rings. The molecule has 1 fully saturated rings. The summed E-state index contributed by atoms with van der Waals surface area (Å²) in [5, 5.41) is 12.7. The SMILES string of the molecule is CCCCCCCCCCCCCCCCCCNC(=O)NCC1(C)CC(NC(=O)NCCCCCCCCCCCCCCCCCC)CC(C)(C)C1. The standard InChI is InChI=1S/C48H96N4O2/c1-6-8-10-12-14-16-18-20-22-24-26-28-30-32-34-36-38-49-45(53)51-43-48(5)41-44(40-47(3,4)42-48)52-46(54)50-39-37-35-33-31-29-27-25-23-21-19-17-15-13-11-9-7-2/h44H,6-43H2,1-5H3,(H2,49,51,53)(H2,50,52,54). The van der Waals surface area contributed by atoms with Crippen molar-refractivity contribution in [1.82, 2.24) is 21.3 Å². The van der Waals surface area contributed by atoms with Crippen molar-refractivity contribution < 1.29 is 9.59 Å². The van der Waals surface area contributed by atoms with Crippen LogP contribution in [0.15, 0.2) is 0 Å². The average Bonchev–Trinajstić information content (AvgIpc) is 3.12. The maximum Gasteiger partial charge on any atom is 0.315 e. The Kier molecular flexibility index (Phi) is 32.5. The van der Waals surface area contributed by atoms with Gasteiger partial charge in [0.1, 0.15) is 0 Å². The minimum absolute atomic E-state index is 0.0366. The first-order chi connectivity index (χ1) is 26.2. The quantitative estimate of drug-likeness (QED) is 0.0476. The van der Waals surface area contributed by atoms with Crippen molar-refractivity contribution >= 4 is 12.1 Å². The maximum absolute atomic E-state index is 12.8. The van der Waals surface area contributed by atoms with Crippen LogP contribution < -0.4 is 21.3 Å². The molecule has 0 aromatic rings. The zero-order valence-electron chi connectivity index (χ0n) is 37.3. The summed E-state index contributed by atoms with van der Waals surface area (Å²) in [6.07, 6.45) is 46.4. The molecule has 0 radical (unpaired) electrons. The van der Waals surface area contributed by atoms with Gasteiger partial charge in [0.2, 0.25) is 0 Å². The van der Waals surface area contributed by atoms with Crippen LogP contribution in [0.25, 0.3) is 0 Å². The first-order valence-corrected chi connectivity index (χ1v) is 24.3. The molecule has 1 rings (SSSR count). The van der Waals surface area contributed by atoms with Gasteiger partial charge < -0.3 is 21.3 Å². The highest BCUT2D eigenvalue weighted by Gasteiger charge is 2.41. The molecule has 0 bridgehead atoms. The van der Waals surface area contributed by atoms with Gasteiger partial charge in [0.15, 0.2) is 0 Å². The van der Waals surface area contributed by atoms with E-state index in [1.807, 2.05) is 0 Å². The zero-order valence-corrected chi connectivity index (χ0v) is 37.3. The maximum atomic E-state index is 12.8. The molecule has 320 valence electrons. The smallest absolute Gasteiger partial charge is 0.315 e. The molecule has 0 heterocycles. The van der Waals surface area contributed by atoms with Crippen molar-refractivity contribution in [3.63, 3.8) is 0 Å². The molecule has 2 unspecified atom stereocenters. The zero-order chi connectivity index (χ0) is 39.4. The van der Waals surface area contributed by atoms with Crippen LogP contribution >= 0.6 is 0 Å². The number of hydrogen-bond acceptors (Lipinski definition) is 2. The summed E-state index contributed by atoms with van der Waals surface area (Å²) in [6.45, 7) is 13.6. The van der Waals surface area contributed by atoms with Gasteiger partial charge in [0.05, 0.1) is 0 Å². The lowest BCUT2D eigenvalue weighted by molar-refractivity contribution is 0.0749. The minimum Gasteiger partial charge on any atom is -0.338 e. The lowest BCUT2D eigenvalue weighted by Gasteiger charge is -2.46. The Bertz CT molecular complexity index is 864. The monoisotopic (exact) mass is 761 g/mol. The number of carbonyl (C=O) groups excluding carboxylic acids is 2. The van der Waals surface area contributed by atoms with Crippen LogP contribution in [-0.2, 0) is 0 Å². The van der Waals surface area contributed by atoms with E-state index in [0.29, 0.717) is 6.54 Å². The van der Waals surface area contributed by atoms with E-state index in [9.17, 15) is 9.59 Å². The van der Waals surface area contributed by atoms with Gasteiger partial charge in [-0.25, -0.2) is 9.59 Å². The Morgan fingerprint density at radius 1 is 0.426 bits per heavy atom. The van der Waals surface area contributed by atoms with Crippen LogP contribution in [0.3, 0.4) is 0 Å². The van der Waals surface area contributed by atoms with Gasteiger partial charge in [0, 0.05) is 25.7 Å². The molecule has 0 saturated heterocycles. The number of hydrogen-bond donors (Lipinski definition) is 4. The fraction of sp³-hybridized carbons (Fsp3) is 0.958. The van der Waals surface area contributed by atoms with Crippen molar-refractivity contribution in [2.24, 2.45) is 10.8 Å². The number of unbranched alkanes of at least 4 members (excludes halogenated alkanes) is 30. The van der Waals surface area contributed by atoms with E-state index in [2.05, 4.69) is 55.9 Å². The topological polar surface area (TPSA) is 82.3 Å². The van der Waals surface area contributed by atoms with Gasteiger partial charge in [-0.05, 0) is 42.9 Å². The Morgan fingerprint density at radius 3 is 1.09 bits per heavy atom. The fourth-order valence-corrected chi connectivity index (χ4v) is 9.21. The normalized spacial score (nSPS) is 18.1. The molecule has 4 amide bonds. The summed E-state index contributed by atoms with van der Waals surface area (Å²) in [7, 11) is 0. The first kappa shape index (κ1) is 50.6. The van der Waals surface area contributed by atoms with E-state index in [4.69, 9.17) is 0 Å². The van der Waals surface area contributed by atoms with Crippen molar-refractivity contribution in [3.8, 4) is 0 Å². The molecule has 1 aliphatic carbocycles. The lowest BCUT2D eigenvalue weighted by atomic mass is 9.62. The van der Waals surface area contributed by atoms with Crippen molar-refractivity contribution in [3.05, 3.63) is 0 Å². The molecule has 0 aromatic heterocycles. The number of amides is 4. The molecule has 0 aliphatic heterocycles. The summed E-state index contributed by atoms with van der Waals surface area (Å²) in [5.41, 5.74) is 0.0731. The van der Waals surface area contributed by atoms with E-state index < -0.39 is 0 Å². The van der Waals surface area contributed by atoms with Gasteiger partial charge >= 0.3 is 12.1 Å². The van der Waals surface area contributed by atoms with Crippen molar-refractivity contribution in [1.29, 1.82) is 0 Å². The second-order valence-electron chi connectivity index (χ2n) is 18.9. The molecule has 1 saturated carbocycles. The summed E-state index contributed by atoms with van der Waals surface area (Å²) >= 11 is 0. The number of nitrogens with one attached hydrogen (secondary N) is 4. The van der Waals surface area contributed by atoms with E-state index >= 15 is 0 Å². The third-order valence-electron chi connectivity index (χ3n) is 12.1. The fourth-order valence-electron chi connectivity index (χ4n) is 9.21. The predicted octanol–water partition coefficient (Wildman–Crippen LogP) is 14.7. The first-order valence-electron chi connectivity index (χ1n) is 24.3. The Balaban J connectivity index is 2.03. The van der Waals surface area contributed by atoms with Gasteiger partial charge in [-0.1, -0.05) is 227 Å². The number of rotatable bonds is 37. The second-order valence-corrected chi connectivity index (χ2v) is 18.9. The summed E-state index contributed by atoms with van der Waals surface area (Å²) in [4.78, 5) is 25.4. The molecule has 4 N–H and O–H groups in total. The molecule has 54 heavy (non-hydrogen) atoms. The molecule has 6 heteroatoms. The minimum atomic E-state index is -0.0541. The summed E-state index contributed by atoms with van der Waals surface area (Å²) < 4.78 is 0. The summed E-state index contributed by atoms with van der Waals surface area (Å²) in [5.74, 6) is 0. The Labute approximate surface area is 337 Å². The van der Waals surface area contributed by atoms with Crippen LogP contribution in [-0.4, -0.2) is 37.7 Å². The average molecular weight is 761 g/mol. The molecular weight excluding hydrogens is 665 g/mol. The number of carbonyl (C=O) groups is 2. The van der Waals surface area contributed by atoms with Crippen molar-refractivity contribution in [2.45, 2.75) is 265 Å². The largest absolute Gasteiger partial charge is 0.338 e. The third kappa shape index (κ3) is 31.7. The highest BCUT2D eigenvalue weighted by Crippen LogP contribution is 2.45. The van der Waals surface area contributed by atoms with E-state index in [0.717, 1.165) is 45.2 Å². The second kappa shape index (κ2) is 34.8. The van der Waals surface area contributed by atoms with Crippen molar-refractivity contribution in [2.75, 3.05) is 19.6 Å². The van der Waals surface area contributed by atoms with Gasteiger partial charge in [0.25, 0.3) is 0 Å². The molecule has 0 spiro atoms. The van der Waals surface area contributed by atoms with Crippen LogP contribution in [0.4, 0.5) is 9.59 Å². The van der Waals surface area contributed by atoms with Gasteiger partial charge in [-0.2, -0.15) is 0 Å². The van der Waals surface area contributed by atoms with Crippen LogP contribution in [0.5, 0.6) is 0 Å². The molecule has 2 atom stereocenters. The lowest BCUT2D eigenvalue weighted by Crippen LogP contribution is -2.53.